The van der Waals surface area contributed by atoms with E-state index < -0.39 is 15.8 Å². The largest absolute Gasteiger partial charge is 0.399 e. The fraction of sp³-hybridized carbons (Fsp3) is 0.571. The third-order valence-corrected chi connectivity index (χ3v) is 6.39. The number of hydrogen-bond donors (Lipinski definition) is 1. The van der Waals surface area contributed by atoms with Crippen molar-refractivity contribution in [1.29, 1.82) is 0 Å². The maximum atomic E-state index is 13.8. The number of sulfonamides is 1. The Morgan fingerprint density at radius 3 is 2.90 bits per heavy atom. The molecule has 3 rings (SSSR count). The van der Waals surface area contributed by atoms with Crippen LogP contribution in [0, 0.1) is 12.7 Å². The van der Waals surface area contributed by atoms with Crippen LogP contribution in [0.2, 0.25) is 0 Å². The van der Waals surface area contributed by atoms with Gasteiger partial charge in [0.05, 0.1) is 23.6 Å². The summed E-state index contributed by atoms with van der Waals surface area (Å²) in [5.74, 6) is -0.593. The number of nitrogens with zero attached hydrogens (tertiary/aromatic N) is 1. The topological polar surface area (TPSA) is 72.6 Å². The molecule has 2 aliphatic rings. The fourth-order valence-corrected chi connectivity index (χ4v) is 5.19. The lowest BCUT2D eigenvalue weighted by molar-refractivity contribution is -0.0241. The first kappa shape index (κ1) is 14.7. The monoisotopic (exact) mass is 314 g/mol. The van der Waals surface area contributed by atoms with Gasteiger partial charge in [-0.3, -0.25) is 0 Å². The first-order valence-electron chi connectivity index (χ1n) is 7.10. The molecule has 1 aliphatic carbocycles. The van der Waals surface area contributed by atoms with Gasteiger partial charge in [0.25, 0.3) is 0 Å². The SMILES string of the molecule is Cc1c(F)cc(N)cc1S(=O)(=O)N1CCOC2CCCC21. The van der Waals surface area contributed by atoms with Crippen LogP contribution < -0.4 is 5.73 Å². The number of benzene rings is 1. The minimum absolute atomic E-state index is 0.0347. The summed E-state index contributed by atoms with van der Waals surface area (Å²) in [6.45, 7) is 2.15. The summed E-state index contributed by atoms with van der Waals surface area (Å²) in [5, 5.41) is 0. The third kappa shape index (κ3) is 2.43. The summed E-state index contributed by atoms with van der Waals surface area (Å²) in [5.41, 5.74) is 5.85. The Morgan fingerprint density at radius 1 is 1.38 bits per heavy atom. The lowest BCUT2D eigenvalue weighted by Crippen LogP contribution is -2.51. The van der Waals surface area contributed by atoms with Crippen molar-refractivity contribution in [2.75, 3.05) is 18.9 Å². The Bertz CT molecular complexity index is 662. The van der Waals surface area contributed by atoms with E-state index in [0.717, 1.165) is 25.3 Å². The van der Waals surface area contributed by atoms with E-state index in [1.807, 2.05) is 0 Å². The third-order valence-electron chi connectivity index (χ3n) is 4.34. The molecule has 1 saturated heterocycles. The number of hydrogen-bond acceptors (Lipinski definition) is 4. The molecule has 1 heterocycles. The van der Waals surface area contributed by atoms with Gasteiger partial charge >= 0.3 is 0 Å². The lowest BCUT2D eigenvalue weighted by Gasteiger charge is -2.36. The number of fused-ring (bicyclic) bond motifs is 1. The second kappa shape index (κ2) is 5.23. The van der Waals surface area contributed by atoms with Crippen molar-refractivity contribution in [2.45, 2.75) is 43.2 Å². The summed E-state index contributed by atoms with van der Waals surface area (Å²) in [4.78, 5) is -0.0347. The number of halogens is 1. The average Bonchev–Trinajstić information content (AvgIpc) is 2.90. The van der Waals surface area contributed by atoms with Gasteiger partial charge in [0.2, 0.25) is 10.0 Å². The normalized spacial score (nSPS) is 26.8. The van der Waals surface area contributed by atoms with Gasteiger partial charge in [-0.05, 0) is 38.3 Å². The van der Waals surface area contributed by atoms with E-state index in [0.29, 0.717) is 13.2 Å². The van der Waals surface area contributed by atoms with Crippen LogP contribution in [-0.4, -0.2) is 38.0 Å². The molecule has 0 spiro atoms. The number of nitrogen functional groups attached to an aromatic ring is 1. The van der Waals surface area contributed by atoms with Gasteiger partial charge in [-0.2, -0.15) is 4.31 Å². The number of morpholine rings is 1. The van der Waals surface area contributed by atoms with Gasteiger partial charge in [-0.15, -0.1) is 0 Å². The van der Waals surface area contributed by atoms with Crippen LogP contribution in [0.3, 0.4) is 0 Å². The Kier molecular flexibility index (Phi) is 3.67. The first-order chi connectivity index (χ1) is 9.91. The van der Waals surface area contributed by atoms with Crippen LogP contribution in [0.25, 0.3) is 0 Å². The van der Waals surface area contributed by atoms with E-state index in [-0.39, 0.29) is 28.3 Å². The van der Waals surface area contributed by atoms with Gasteiger partial charge < -0.3 is 10.5 Å². The molecule has 0 radical (unpaired) electrons. The second-order valence-corrected chi connectivity index (χ2v) is 7.51. The van der Waals surface area contributed by atoms with Gasteiger partial charge in [0, 0.05) is 17.8 Å². The van der Waals surface area contributed by atoms with Crippen LogP contribution in [0.4, 0.5) is 10.1 Å². The van der Waals surface area contributed by atoms with Crippen molar-refractivity contribution in [3.8, 4) is 0 Å². The lowest BCUT2D eigenvalue weighted by atomic mass is 10.2. The number of ether oxygens (including phenoxy) is 1. The zero-order chi connectivity index (χ0) is 15.2. The standard InChI is InChI=1S/C14H19FN2O3S/c1-9-11(15)7-10(16)8-14(9)21(18,19)17-5-6-20-13-4-2-3-12(13)17/h7-8,12-13H,2-6,16H2,1H3. The molecule has 2 N–H and O–H groups in total. The van der Waals surface area contributed by atoms with E-state index in [1.54, 1.807) is 0 Å². The molecule has 0 amide bonds. The first-order valence-corrected chi connectivity index (χ1v) is 8.54. The van der Waals surface area contributed by atoms with Crippen molar-refractivity contribution in [1.82, 2.24) is 4.31 Å². The molecule has 0 aromatic heterocycles. The highest BCUT2D eigenvalue weighted by Gasteiger charge is 2.42. The molecule has 2 atom stereocenters. The van der Waals surface area contributed by atoms with Crippen molar-refractivity contribution >= 4 is 15.7 Å². The van der Waals surface area contributed by atoms with Gasteiger partial charge in [0.1, 0.15) is 5.82 Å². The Balaban J connectivity index is 2.04. The number of nitrogens with two attached hydrogens (primary N) is 1. The highest BCUT2D eigenvalue weighted by molar-refractivity contribution is 7.89. The molecule has 0 bridgehead atoms. The molecular weight excluding hydrogens is 295 g/mol. The highest BCUT2D eigenvalue weighted by Crippen LogP contribution is 2.35. The quantitative estimate of drug-likeness (QED) is 0.843. The summed E-state index contributed by atoms with van der Waals surface area (Å²) >= 11 is 0. The predicted molar refractivity (Wildman–Crippen MR) is 76.8 cm³/mol. The summed E-state index contributed by atoms with van der Waals surface area (Å²) in [6.07, 6.45) is 2.57. The van der Waals surface area contributed by atoms with Crippen LogP contribution in [0.5, 0.6) is 0 Å². The smallest absolute Gasteiger partial charge is 0.243 e. The fourth-order valence-electron chi connectivity index (χ4n) is 3.26. The minimum atomic E-state index is -3.76. The molecule has 116 valence electrons. The van der Waals surface area contributed by atoms with Crippen molar-refractivity contribution in [3.63, 3.8) is 0 Å². The molecular formula is C14H19FN2O3S. The van der Waals surface area contributed by atoms with E-state index in [1.165, 1.54) is 17.3 Å². The van der Waals surface area contributed by atoms with Crippen molar-refractivity contribution < 1.29 is 17.5 Å². The second-order valence-electron chi connectivity index (χ2n) is 5.65. The van der Waals surface area contributed by atoms with Gasteiger partial charge in [-0.25, -0.2) is 12.8 Å². The molecule has 1 aliphatic heterocycles. The Hall–Kier alpha value is -1.18. The molecule has 21 heavy (non-hydrogen) atoms. The van der Waals surface area contributed by atoms with Gasteiger partial charge in [-0.1, -0.05) is 0 Å². The zero-order valence-electron chi connectivity index (χ0n) is 11.9. The van der Waals surface area contributed by atoms with Crippen LogP contribution in [0.1, 0.15) is 24.8 Å². The average molecular weight is 314 g/mol. The molecule has 1 aromatic rings. The number of anilines is 1. The maximum absolute atomic E-state index is 13.8. The summed E-state index contributed by atoms with van der Waals surface area (Å²) in [7, 11) is -3.76. The molecule has 1 saturated carbocycles. The van der Waals surface area contributed by atoms with E-state index >= 15 is 0 Å². The molecule has 5 nitrogen and oxygen atoms in total. The summed E-state index contributed by atoms with van der Waals surface area (Å²) < 4.78 is 46.7. The predicted octanol–water partition coefficient (Wildman–Crippen LogP) is 1.66. The highest BCUT2D eigenvalue weighted by atomic mass is 32.2. The molecule has 7 heteroatoms. The minimum Gasteiger partial charge on any atom is -0.399 e. The summed E-state index contributed by atoms with van der Waals surface area (Å²) in [6, 6.07) is 2.34. The molecule has 2 unspecified atom stereocenters. The van der Waals surface area contributed by atoms with E-state index in [4.69, 9.17) is 10.5 Å². The molecule has 2 fully saturated rings. The van der Waals surface area contributed by atoms with Crippen LogP contribution >= 0.6 is 0 Å². The van der Waals surface area contributed by atoms with Crippen LogP contribution in [0.15, 0.2) is 17.0 Å². The maximum Gasteiger partial charge on any atom is 0.243 e. The van der Waals surface area contributed by atoms with Crippen LogP contribution in [-0.2, 0) is 14.8 Å². The Morgan fingerprint density at radius 2 is 2.14 bits per heavy atom. The number of rotatable bonds is 2. The van der Waals surface area contributed by atoms with Crippen molar-refractivity contribution in [2.24, 2.45) is 0 Å². The molecule has 1 aromatic carbocycles. The zero-order valence-corrected chi connectivity index (χ0v) is 12.7. The van der Waals surface area contributed by atoms with E-state index in [2.05, 4.69) is 0 Å². The van der Waals surface area contributed by atoms with E-state index in [9.17, 15) is 12.8 Å². The Labute approximate surface area is 123 Å². The van der Waals surface area contributed by atoms with Crippen molar-refractivity contribution in [3.05, 3.63) is 23.5 Å². The van der Waals surface area contributed by atoms with Gasteiger partial charge in [0.15, 0.2) is 0 Å².